The second-order valence-corrected chi connectivity index (χ2v) is 12.6. The average molecular weight is 355 g/mol. The lowest BCUT2D eigenvalue weighted by Crippen LogP contribution is -2.22. The number of halogens is 1. The van der Waals surface area contributed by atoms with Crippen LogP contribution in [0.25, 0.3) is 10.9 Å². The van der Waals surface area contributed by atoms with Gasteiger partial charge in [-0.3, -0.25) is 4.79 Å². The van der Waals surface area contributed by atoms with Crippen molar-refractivity contribution >= 4 is 41.2 Å². The fourth-order valence-corrected chi connectivity index (χ4v) is 3.20. The molecule has 1 aromatic carbocycles. The van der Waals surface area contributed by atoms with Crippen molar-refractivity contribution in [3.8, 4) is 0 Å². The van der Waals surface area contributed by atoms with Crippen LogP contribution in [0, 0.1) is 0 Å². The van der Waals surface area contributed by atoms with Crippen LogP contribution in [0.5, 0.6) is 0 Å². The number of carbonyl (C=O) groups excluding carboxylic acids is 1. The molecule has 0 fully saturated rings. The smallest absolute Gasteiger partial charge is 0.152 e. The van der Waals surface area contributed by atoms with Crippen LogP contribution in [0.3, 0.4) is 0 Å². The van der Waals surface area contributed by atoms with Crippen molar-refractivity contribution in [3.05, 3.63) is 28.4 Å². The zero-order valence-electron chi connectivity index (χ0n) is 12.0. The largest absolute Gasteiger partial charge is 0.362 e. The van der Waals surface area contributed by atoms with Gasteiger partial charge in [0.25, 0.3) is 0 Å². The van der Waals surface area contributed by atoms with Crippen LogP contribution in [-0.2, 0) is 11.5 Å². The molecule has 2 aromatic rings. The van der Waals surface area contributed by atoms with E-state index in [9.17, 15) is 4.79 Å². The molecule has 0 amide bonds. The fraction of sp³-hybridized carbons (Fsp3) is 0.429. The first-order valence-electron chi connectivity index (χ1n) is 6.59. The van der Waals surface area contributed by atoms with E-state index in [4.69, 9.17) is 4.74 Å². The summed E-state index contributed by atoms with van der Waals surface area (Å²) in [5, 5.41) is 5.24. The van der Waals surface area contributed by atoms with Crippen LogP contribution in [-0.4, -0.2) is 30.7 Å². The first kappa shape index (κ1) is 15.4. The number of nitrogens with zero attached hydrogens (tertiary/aromatic N) is 2. The van der Waals surface area contributed by atoms with E-state index < -0.39 is 8.07 Å². The summed E-state index contributed by atoms with van der Waals surface area (Å²) >= 11 is 3.40. The quantitative estimate of drug-likeness (QED) is 0.448. The number of fused-ring (bicyclic) bond motifs is 1. The Bertz CT molecular complexity index is 619. The van der Waals surface area contributed by atoms with Crippen molar-refractivity contribution in [2.45, 2.75) is 32.4 Å². The first-order chi connectivity index (χ1) is 9.40. The number of hydrogen-bond acceptors (Lipinski definition) is 3. The Morgan fingerprint density at radius 2 is 2.15 bits per heavy atom. The second kappa shape index (κ2) is 6.20. The van der Waals surface area contributed by atoms with Gasteiger partial charge in [-0.2, -0.15) is 24.7 Å². The molecule has 0 saturated carbocycles. The van der Waals surface area contributed by atoms with Crippen molar-refractivity contribution in [2.24, 2.45) is 0 Å². The number of carbonyl (C=O) groups is 1. The van der Waals surface area contributed by atoms with E-state index in [2.05, 4.69) is 40.7 Å². The lowest BCUT2D eigenvalue weighted by molar-refractivity contribution is 0.0816. The molecule has 1 aromatic heterocycles. The van der Waals surface area contributed by atoms with Crippen LogP contribution in [0.15, 0.2) is 22.8 Å². The number of benzene rings is 1. The monoisotopic (exact) mass is 354 g/mol. The Kier molecular flexibility index (Phi) is 4.77. The maximum absolute atomic E-state index is 11.2. The van der Waals surface area contributed by atoms with Gasteiger partial charge in [0.05, 0.1) is 11.7 Å². The summed E-state index contributed by atoms with van der Waals surface area (Å²) in [6, 6.07) is 4.88. The van der Waals surface area contributed by atoms with Crippen LogP contribution < -0.4 is 0 Å². The van der Waals surface area contributed by atoms with Gasteiger partial charge < -0.3 is 4.74 Å². The second-order valence-electron chi connectivity index (χ2n) is 6.04. The summed E-state index contributed by atoms with van der Waals surface area (Å²) < 4.78 is 8.33. The molecule has 109 valence electrons. The maximum Gasteiger partial charge on any atom is 0.152 e. The van der Waals surface area contributed by atoms with Crippen LogP contribution >= 0.6 is 15.9 Å². The molecule has 1 heterocycles. The zero-order chi connectivity index (χ0) is 14.8. The molecule has 6 heteroatoms. The van der Waals surface area contributed by atoms with Crippen LogP contribution in [0.4, 0.5) is 0 Å². The molecule has 0 saturated heterocycles. The molecule has 0 unspecified atom stereocenters. The molecule has 0 spiro atoms. The van der Waals surface area contributed by atoms with Crippen molar-refractivity contribution in [2.75, 3.05) is 6.61 Å². The minimum absolute atomic E-state index is 0.385. The van der Waals surface area contributed by atoms with E-state index >= 15 is 0 Å². The number of rotatable bonds is 6. The van der Waals surface area contributed by atoms with Gasteiger partial charge in [-0.1, -0.05) is 15.9 Å². The van der Waals surface area contributed by atoms with E-state index in [1.807, 2.05) is 6.07 Å². The van der Waals surface area contributed by atoms with E-state index in [0.29, 0.717) is 12.3 Å². The Morgan fingerprint density at radius 3 is 2.80 bits per heavy atom. The van der Waals surface area contributed by atoms with Crippen molar-refractivity contribution in [3.63, 3.8) is 0 Å². The van der Waals surface area contributed by atoms with Gasteiger partial charge in [-0.15, -0.1) is 14.1 Å². The van der Waals surface area contributed by atoms with Gasteiger partial charge in [-0.05, 0) is 12.1 Å². The molecule has 4 nitrogen and oxygen atoms in total. The molecule has 0 atom stereocenters. The lowest BCUT2D eigenvalue weighted by atomic mass is 10.2. The normalized spacial score (nSPS) is 12.0. The highest BCUT2D eigenvalue weighted by atomic mass is 79.9. The molecule has 0 N–H and O–H groups in total. The predicted molar refractivity (Wildman–Crippen MR) is 86.9 cm³/mol. The number of hydrogen-bond donors (Lipinski definition) is 0. The van der Waals surface area contributed by atoms with E-state index in [1.54, 1.807) is 16.9 Å². The molecular formula is C14H19BrN2O2Si-. The van der Waals surface area contributed by atoms with Crippen LogP contribution in [0.2, 0.25) is 25.7 Å². The summed E-state index contributed by atoms with van der Waals surface area (Å²) in [4.78, 5) is 11.2. The van der Waals surface area contributed by atoms with E-state index in [-0.39, 0.29) is 0 Å². The molecular weight excluding hydrogens is 336 g/mol. The third kappa shape index (κ3) is 3.77. The highest BCUT2D eigenvalue weighted by molar-refractivity contribution is 9.10. The molecule has 0 radical (unpaired) electrons. The molecule has 20 heavy (non-hydrogen) atoms. The molecule has 2 rings (SSSR count). The summed E-state index contributed by atoms with van der Waals surface area (Å²) in [6.07, 6.45) is 2.61. The number of aromatic nitrogens is 2. The molecule has 0 aliphatic heterocycles. The van der Waals surface area contributed by atoms with Crippen molar-refractivity contribution in [1.82, 2.24) is 9.78 Å². The number of ether oxygens (including phenoxy) is 1. The SMILES string of the molecule is C[Si-](C)(C)CCOCn1ncc2cc(Br)cc(C=O)c21. The Morgan fingerprint density at radius 1 is 1.40 bits per heavy atom. The maximum atomic E-state index is 11.2. The lowest BCUT2D eigenvalue weighted by Gasteiger charge is -2.26. The van der Waals surface area contributed by atoms with E-state index in [0.717, 1.165) is 34.3 Å². The molecule has 0 aliphatic carbocycles. The zero-order valence-corrected chi connectivity index (χ0v) is 14.6. The van der Waals surface area contributed by atoms with Gasteiger partial charge in [0.2, 0.25) is 0 Å². The van der Waals surface area contributed by atoms with Crippen molar-refractivity contribution in [1.29, 1.82) is 0 Å². The average Bonchev–Trinajstić information content (AvgIpc) is 2.75. The highest BCUT2D eigenvalue weighted by Crippen LogP contribution is 2.23. The highest BCUT2D eigenvalue weighted by Gasteiger charge is 2.09. The third-order valence-corrected chi connectivity index (χ3v) is 5.23. The van der Waals surface area contributed by atoms with Gasteiger partial charge in [0.15, 0.2) is 6.29 Å². The van der Waals surface area contributed by atoms with Gasteiger partial charge >= 0.3 is 0 Å². The Hall–Kier alpha value is -0.983. The third-order valence-electron chi connectivity index (χ3n) is 3.06. The van der Waals surface area contributed by atoms with Gasteiger partial charge in [0, 0.05) is 22.0 Å². The van der Waals surface area contributed by atoms with E-state index in [1.165, 1.54) is 0 Å². The summed E-state index contributed by atoms with van der Waals surface area (Å²) in [7, 11) is -1.08. The predicted octanol–water partition coefficient (Wildman–Crippen LogP) is 3.92. The molecule has 0 bridgehead atoms. The van der Waals surface area contributed by atoms with Crippen molar-refractivity contribution < 1.29 is 9.53 Å². The first-order valence-corrected chi connectivity index (χ1v) is 11.1. The standard InChI is InChI=1S/C14H19BrN2O2Si/c1-20(2,3)5-4-19-10-17-14-11(8-16-17)6-13(15)7-12(14)9-18/h6-9H,4-5,10H2,1-3H3/q-1. The molecule has 0 aliphatic rings. The minimum atomic E-state index is -1.08. The summed E-state index contributed by atoms with van der Waals surface area (Å²) in [5.74, 6) is 0. The summed E-state index contributed by atoms with van der Waals surface area (Å²) in [6.45, 7) is 8.09. The number of aldehydes is 1. The van der Waals surface area contributed by atoms with Crippen LogP contribution in [0.1, 0.15) is 10.4 Å². The minimum Gasteiger partial charge on any atom is -0.362 e. The Labute approximate surface area is 128 Å². The van der Waals surface area contributed by atoms with Gasteiger partial charge in [0.1, 0.15) is 6.73 Å². The Balaban J connectivity index is 2.13. The topological polar surface area (TPSA) is 44.1 Å². The summed E-state index contributed by atoms with van der Waals surface area (Å²) in [5.41, 5.74) is 1.46. The fourth-order valence-electron chi connectivity index (χ4n) is 1.95. The van der Waals surface area contributed by atoms with Gasteiger partial charge in [-0.25, -0.2) is 4.68 Å².